The summed E-state index contributed by atoms with van der Waals surface area (Å²) < 4.78 is 36.4. The molecule has 65 heavy (non-hydrogen) atoms. The molecule has 3 saturated heterocycles. The Balaban J connectivity index is 1.11. The Kier molecular flexibility index (Phi) is 10.1. The number of carbonyl (C=O) groups is 1. The van der Waals surface area contributed by atoms with Crippen molar-refractivity contribution >= 4 is 33.7 Å². The van der Waals surface area contributed by atoms with Crippen LogP contribution in [0.2, 0.25) is 0 Å². The van der Waals surface area contributed by atoms with Gasteiger partial charge in [-0.3, -0.25) is 4.68 Å². The number of aromatic nitrogens is 4. The van der Waals surface area contributed by atoms with Crippen LogP contribution in [0.15, 0.2) is 109 Å². The summed E-state index contributed by atoms with van der Waals surface area (Å²) in [6, 6.07) is 34.5. The lowest BCUT2D eigenvalue weighted by atomic mass is 9.77. The number of halogens is 1. The van der Waals surface area contributed by atoms with E-state index in [9.17, 15) is 9.90 Å². The number of carbonyl (C=O) groups excluding carboxylic acids is 1. The molecule has 4 aliphatic rings. The van der Waals surface area contributed by atoms with E-state index in [4.69, 9.17) is 29.3 Å². The predicted molar refractivity (Wildman–Crippen MR) is 248 cm³/mol. The molecule has 1 amide bonds. The highest BCUT2D eigenvalue weighted by Crippen LogP contribution is 2.54. The molecule has 12 heteroatoms. The first-order valence-electron chi connectivity index (χ1n) is 22.9. The Morgan fingerprint density at radius 1 is 0.846 bits per heavy atom. The first kappa shape index (κ1) is 41.2. The molecular weight excluding hydrogens is 820 g/mol. The molecule has 11 rings (SSSR count). The second-order valence-corrected chi connectivity index (χ2v) is 19.2. The van der Waals surface area contributed by atoms with Gasteiger partial charge in [0.1, 0.15) is 34.0 Å². The van der Waals surface area contributed by atoms with E-state index in [-0.39, 0.29) is 41.8 Å². The van der Waals surface area contributed by atoms with Crippen molar-refractivity contribution in [1.82, 2.24) is 24.6 Å². The molecule has 3 aliphatic heterocycles. The SMILES string of the molecule is Cc1c(F)cc2nn(C(c3ccccc3)(c3ccccc3)c3ccccc3)cc2c1-c1c(C2CC2)cc2c(N3C[C@@H]4C[C@H]3CN4C(=O)OC(C)(C)C)nc(OC[C@@H]3CCOC3)nc2c1O. The fraction of sp³-hybridized carbons (Fsp3) is 0.358. The molecule has 2 aromatic heterocycles. The van der Waals surface area contributed by atoms with Crippen LogP contribution in [0.3, 0.4) is 0 Å². The molecule has 7 aromatic rings. The van der Waals surface area contributed by atoms with Crippen LogP contribution in [0, 0.1) is 18.7 Å². The molecule has 1 saturated carbocycles. The van der Waals surface area contributed by atoms with Crippen LogP contribution < -0.4 is 9.64 Å². The smallest absolute Gasteiger partial charge is 0.410 e. The molecule has 1 aliphatic carbocycles. The van der Waals surface area contributed by atoms with Gasteiger partial charge in [-0.1, -0.05) is 91.0 Å². The van der Waals surface area contributed by atoms with Crippen LogP contribution in [-0.2, 0) is 15.0 Å². The van der Waals surface area contributed by atoms with E-state index in [0.717, 1.165) is 47.9 Å². The fourth-order valence-corrected chi connectivity index (χ4v) is 10.5. The zero-order valence-electron chi connectivity index (χ0n) is 37.2. The largest absolute Gasteiger partial charge is 0.505 e. The summed E-state index contributed by atoms with van der Waals surface area (Å²) in [5.41, 5.74) is 4.66. The normalized spacial score (nSPS) is 19.7. The summed E-state index contributed by atoms with van der Waals surface area (Å²) in [5, 5.41) is 19.6. The molecule has 1 N–H and O–H groups in total. The third kappa shape index (κ3) is 7.13. The molecule has 11 nitrogen and oxygen atoms in total. The number of anilines is 1. The van der Waals surface area contributed by atoms with Crippen molar-refractivity contribution in [3.05, 3.63) is 143 Å². The van der Waals surface area contributed by atoms with Crippen LogP contribution in [0.25, 0.3) is 32.9 Å². The van der Waals surface area contributed by atoms with Crippen molar-refractivity contribution in [3.63, 3.8) is 0 Å². The highest BCUT2D eigenvalue weighted by atomic mass is 19.1. The van der Waals surface area contributed by atoms with Crippen LogP contribution in [0.5, 0.6) is 11.8 Å². The zero-order valence-corrected chi connectivity index (χ0v) is 37.2. The van der Waals surface area contributed by atoms with Crippen molar-refractivity contribution in [1.29, 1.82) is 0 Å². The van der Waals surface area contributed by atoms with Gasteiger partial charge in [0, 0.05) is 59.8 Å². The summed E-state index contributed by atoms with van der Waals surface area (Å²) in [7, 11) is 0. The Bertz CT molecular complexity index is 2830. The van der Waals surface area contributed by atoms with Gasteiger partial charge in [0.05, 0.1) is 30.8 Å². The summed E-state index contributed by atoms with van der Waals surface area (Å²) in [6.45, 7) is 10.1. The summed E-state index contributed by atoms with van der Waals surface area (Å²) in [6.07, 6.45) is 5.19. The van der Waals surface area contributed by atoms with Gasteiger partial charge < -0.3 is 29.1 Å². The van der Waals surface area contributed by atoms with E-state index < -0.39 is 17.0 Å². The minimum Gasteiger partial charge on any atom is -0.505 e. The number of benzene rings is 5. The minimum atomic E-state index is -0.942. The van der Waals surface area contributed by atoms with Gasteiger partial charge in [0.25, 0.3) is 0 Å². The number of phenolic OH excluding ortho intramolecular Hbond substituents is 1. The monoisotopic (exact) mass is 872 g/mol. The molecule has 5 aromatic carbocycles. The standard InChI is InChI=1S/C53H53FN6O5/c1-32-43(54)26-44-42(29-60(57-44)53(35-14-8-5-9-15-35,36-16-10-6-11-17-36)37-18-12-7-13-19-37)45(32)46-40(34-20-21-34)25-41-47(48(46)61)55-50(64-31-33-22-23-63-30-33)56-49(41)58-27-39-24-38(58)28-59(39)51(62)65-52(2,3)4/h5-19,25-26,29,33-34,38-39,61H,20-24,27-28,30-31H2,1-4H3/t33-,38+,39+/m1/s1. The number of aromatic hydroxyl groups is 1. The molecule has 0 radical (unpaired) electrons. The second kappa shape index (κ2) is 15.9. The number of nitrogens with zero attached hydrogens (tertiary/aromatic N) is 6. The third-order valence-corrected chi connectivity index (χ3v) is 13.8. The number of piperazine rings is 1. The topological polar surface area (TPSA) is 115 Å². The van der Waals surface area contributed by atoms with Crippen molar-refractivity contribution in [2.45, 2.75) is 82.5 Å². The van der Waals surface area contributed by atoms with Crippen molar-refractivity contribution in [2.24, 2.45) is 5.92 Å². The van der Waals surface area contributed by atoms with Gasteiger partial charge in [0.15, 0.2) is 0 Å². The van der Waals surface area contributed by atoms with E-state index in [1.54, 1.807) is 6.92 Å². The summed E-state index contributed by atoms with van der Waals surface area (Å²) in [4.78, 5) is 27.4. The van der Waals surface area contributed by atoms with Crippen LogP contribution in [0.1, 0.15) is 80.2 Å². The van der Waals surface area contributed by atoms with E-state index in [1.165, 1.54) is 6.07 Å². The fourth-order valence-electron chi connectivity index (χ4n) is 10.5. The molecular formula is C53H53FN6O5. The number of amides is 1. The van der Waals surface area contributed by atoms with Crippen molar-refractivity contribution < 1.29 is 28.5 Å². The van der Waals surface area contributed by atoms with Crippen molar-refractivity contribution in [2.75, 3.05) is 37.8 Å². The van der Waals surface area contributed by atoms with Gasteiger partial charge >= 0.3 is 12.1 Å². The number of likely N-dealkylation sites (tertiary alicyclic amines) is 1. The maximum Gasteiger partial charge on any atom is 0.410 e. The number of ether oxygens (including phenoxy) is 3. The highest BCUT2D eigenvalue weighted by Gasteiger charge is 2.48. The number of hydrogen-bond donors (Lipinski definition) is 1. The molecule has 3 atom stereocenters. The average Bonchev–Trinajstić information content (AvgIpc) is 3.62. The van der Waals surface area contributed by atoms with E-state index in [1.807, 2.05) is 91.1 Å². The number of phenols is 1. The van der Waals surface area contributed by atoms with Crippen LogP contribution in [-0.4, -0.2) is 86.4 Å². The number of rotatable bonds is 10. The van der Waals surface area contributed by atoms with Gasteiger partial charge in [-0.2, -0.15) is 15.1 Å². The van der Waals surface area contributed by atoms with Gasteiger partial charge in [-0.15, -0.1) is 0 Å². The van der Waals surface area contributed by atoms with Gasteiger partial charge in [0.2, 0.25) is 0 Å². The van der Waals surface area contributed by atoms with Crippen LogP contribution in [0.4, 0.5) is 15.0 Å². The molecule has 0 spiro atoms. The Morgan fingerprint density at radius 3 is 2.08 bits per heavy atom. The maximum absolute atomic E-state index is 16.7. The molecule has 0 unspecified atom stereocenters. The molecule has 5 heterocycles. The summed E-state index contributed by atoms with van der Waals surface area (Å²) in [5.74, 6) is 0.510. The van der Waals surface area contributed by atoms with Gasteiger partial charge in [-0.25, -0.2) is 9.18 Å². The Labute approximate surface area is 377 Å². The number of hydrogen-bond acceptors (Lipinski definition) is 9. The third-order valence-electron chi connectivity index (χ3n) is 13.8. The van der Waals surface area contributed by atoms with Crippen molar-refractivity contribution in [3.8, 4) is 22.9 Å². The van der Waals surface area contributed by atoms with E-state index in [2.05, 4.69) is 47.4 Å². The summed E-state index contributed by atoms with van der Waals surface area (Å²) >= 11 is 0. The second-order valence-electron chi connectivity index (χ2n) is 19.2. The number of fused-ring (bicyclic) bond motifs is 4. The molecule has 332 valence electrons. The Morgan fingerprint density at radius 2 is 1.51 bits per heavy atom. The molecule has 2 bridgehead atoms. The lowest BCUT2D eigenvalue weighted by molar-refractivity contribution is 0.0214. The predicted octanol–water partition coefficient (Wildman–Crippen LogP) is 10.1. The quantitative estimate of drug-likeness (QED) is 0.134. The average molecular weight is 873 g/mol. The first-order chi connectivity index (χ1) is 31.5. The van der Waals surface area contributed by atoms with Gasteiger partial charge in [-0.05, 0) is 93.2 Å². The lowest BCUT2D eigenvalue weighted by Gasteiger charge is -2.36. The van der Waals surface area contributed by atoms with E-state index >= 15 is 4.39 Å². The minimum absolute atomic E-state index is 0.0251. The zero-order chi connectivity index (χ0) is 44.6. The first-order valence-corrected chi connectivity index (χ1v) is 22.9. The Hall–Kier alpha value is -6.53. The lowest BCUT2D eigenvalue weighted by Crippen LogP contribution is -2.50. The molecule has 4 fully saturated rings. The van der Waals surface area contributed by atoms with Crippen LogP contribution >= 0.6 is 0 Å². The highest BCUT2D eigenvalue weighted by molar-refractivity contribution is 6.06. The maximum atomic E-state index is 16.7. The van der Waals surface area contributed by atoms with E-state index in [0.29, 0.717) is 77.2 Å².